The smallest absolute Gasteiger partial charge is 0.192 e. The molecule has 2 heterocycles. The van der Waals surface area contributed by atoms with Crippen molar-refractivity contribution >= 4 is 16.8 Å². The molecule has 2 atom stereocenters. The lowest BCUT2D eigenvalue weighted by molar-refractivity contribution is 0.00598. The van der Waals surface area contributed by atoms with Crippen molar-refractivity contribution in [2.75, 3.05) is 11.9 Å². The van der Waals surface area contributed by atoms with Crippen molar-refractivity contribution in [2.45, 2.75) is 51.7 Å². The molecule has 1 aromatic heterocycles. The van der Waals surface area contributed by atoms with Gasteiger partial charge in [-0.25, -0.2) is 4.98 Å². The van der Waals surface area contributed by atoms with E-state index in [0.29, 0.717) is 18.0 Å². The van der Waals surface area contributed by atoms with Crippen LogP contribution >= 0.6 is 0 Å². The van der Waals surface area contributed by atoms with E-state index in [1.807, 2.05) is 13.0 Å². The molecule has 0 amide bonds. The minimum atomic E-state index is 0.407. The van der Waals surface area contributed by atoms with Crippen molar-refractivity contribution in [1.82, 2.24) is 4.98 Å². The summed E-state index contributed by atoms with van der Waals surface area (Å²) in [7, 11) is 0. The molecular formula is C16H22N2O2. The maximum Gasteiger partial charge on any atom is 0.192 e. The molecule has 3 rings (SSSR count). The van der Waals surface area contributed by atoms with E-state index in [9.17, 15) is 0 Å². The van der Waals surface area contributed by atoms with Crippen molar-refractivity contribution in [1.29, 1.82) is 0 Å². The summed E-state index contributed by atoms with van der Waals surface area (Å²) in [6.45, 7) is 4.94. The van der Waals surface area contributed by atoms with Gasteiger partial charge in [-0.1, -0.05) is 13.3 Å². The number of oxazole rings is 1. The van der Waals surface area contributed by atoms with Crippen LogP contribution in [0.2, 0.25) is 0 Å². The normalized spacial score (nSPS) is 23.1. The van der Waals surface area contributed by atoms with Gasteiger partial charge in [-0.05, 0) is 37.5 Å². The summed E-state index contributed by atoms with van der Waals surface area (Å²) in [6.07, 6.45) is 4.89. The highest BCUT2D eigenvalue weighted by Gasteiger charge is 2.21. The number of hydrogen-bond donors (Lipinski definition) is 1. The monoisotopic (exact) mass is 274 g/mol. The molecule has 2 unspecified atom stereocenters. The van der Waals surface area contributed by atoms with Crippen LogP contribution in [0.5, 0.6) is 0 Å². The Morgan fingerprint density at radius 2 is 2.30 bits per heavy atom. The average Bonchev–Trinajstić information content (AvgIpc) is 2.79. The molecule has 1 aliphatic rings. The molecule has 0 bridgehead atoms. The highest BCUT2D eigenvalue weighted by molar-refractivity contribution is 5.77. The molecule has 1 aliphatic heterocycles. The number of benzene rings is 1. The molecule has 2 aromatic rings. The highest BCUT2D eigenvalue weighted by Crippen LogP contribution is 2.24. The van der Waals surface area contributed by atoms with Crippen LogP contribution in [0.25, 0.3) is 11.1 Å². The second-order valence-electron chi connectivity index (χ2n) is 5.56. The fourth-order valence-electron chi connectivity index (χ4n) is 2.90. The number of nitrogens with zero attached hydrogens (tertiary/aromatic N) is 1. The molecule has 0 spiro atoms. The Hall–Kier alpha value is -1.55. The summed E-state index contributed by atoms with van der Waals surface area (Å²) >= 11 is 0. The highest BCUT2D eigenvalue weighted by atomic mass is 16.5. The van der Waals surface area contributed by atoms with E-state index in [-0.39, 0.29) is 0 Å². The summed E-state index contributed by atoms with van der Waals surface area (Å²) in [5.41, 5.74) is 2.89. The SMILES string of the molecule is CCCC1CC(Nc2ccc3oc(C)nc3c2)CCO1. The van der Waals surface area contributed by atoms with E-state index in [2.05, 4.69) is 29.4 Å². The number of ether oxygens (including phenoxy) is 1. The summed E-state index contributed by atoms with van der Waals surface area (Å²) < 4.78 is 11.3. The molecule has 4 nitrogen and oxygen atoms in total. The van der Waals surface area contributed by atoms with Gasteiger partial charge in [0.15, 0.2) is 11.5 Å². The third kappa shape index (κ3) is 2.96. The van der Waals surface area contributed by atoms with E-state index < -0.39 is 0 Å². The van der Waals surface area contributed by atoms with Crippen LogP contribution in [-0.2, 0) is 4.74 Å². The molecule has 20 heavy (non-hydrogen) atoms. The van der Waals surface area contributed by atoms with Crippen molar-refractivity contribution in [3.05, 3.63) is 24.1 Å². The van der Waals surface area contributed by atoms with Gasteiger partial charge in [0.1, 0.15) is 5.52 Å². The number of aromatic nitrogens is 1. The van der Waals surface area contributed by atoms with Crippen molar-refractivity contribution in [2.24, 2.45) is 0 Å². The van der Waals surface area contributed by atoms with Crippen molar-refractivity contribution < 1.29 is 9.15 Å². The van der Waals surface area contributed by atoms with Crippen LogP contribution in [-0.4, -0.2) is 23.7 Å². The Labute approximate surface area is 119 Å². The second kappa shape index (κ2) is 5.83. The van der Waals surface area contributed by atoms with Crippen LogP contribution in [0.4, 0.5) is 5.69 Å². The first-order valence-electron chi connectivity index (χ1n) is 7.50. The summed E-state index contributed by atoms with van der Waals surface area (Å²) in [6, 6.07) is 6.61. The summed E-state index contributed by atoms with van der Waals surface area (Å²) in [5, 5.41) is 3.61. The average molecular weight is 274 g/mol. The Kier molecular flexibility index (Phi) is 3.92. The first kappa shape index (κ1) is 13.4. The standard InChI is InChI=1S/C16H22N2O2/c1-3-4-14-9-13(7-8-19-14)18-12-5-6-16-15(10-12)17-11(2)20-16/h5-6,10,13-14,18H,3-4,7-9H2,1-2H3. The van der Waals surface area contributed by atoms with E-state index in [1.54, 1.807) is 0 Å². The largest absolute Gasteiger partial charge is 0.441 e. The minimum Gasteiger partial charge on any atom is -0.441 e. The fourth-order valence-corrected chi connectivity index (χ4v) is 2.90. The Balaban J connectivity index is 1.68. The molecule has 0 radical (unpaired) electrons. The minimum absolute atomic E-state index is 0.407. The zero-order valence-corrected chi connectivity index (χ0v) is 12.2. The van der Waals surface area contributed by atoms with Crippen LogP contribution in [0.3, 0.4) is 0 Å². The predicted molar refractivity (Wildman–Crippen MR) is 80.0 cm³/mol. The molecule has 0 aliphatic carbocycles. The van der Waals surface area contributed by atoms with Crippen LogP contribution < -0.4 is 5.32 Å². The van der Waals surface area contributed by atoms with Gasteiger partial charge in [0.25, 0.3) is 0 Å². The lowest BCUT2D eigenvalue weighted by Gasteiger charge is -2.30. The zero-order valence-electron chi connectivity index (χ0n) is 12.2. The Bertz CT molecular complexity index is 577. The van der Waals surface area contributed by atoms with E-state index in [0.717, 1.165) is 42.7 Å². The Morgan fingerprint density at radius 1 is 1.40 bits per heavy atom. The van der Waals surface area contributed by atoms with E-state index >= 15 is 0 Å². The molecule has 4 heteroatoms. The van der Waals surface area contributed by atoms with Crippen LogP contribution in [0.15, 0.2) is 22.6 Å². The number of hydrogen-bond acceptors (Lipinski definition) is 4. The summed E-state index contributed by atoms with van der Waals surface area (Å²) in [5.74, 6) is 0.714. The predicted octanol–water partition coefficient (Wildman–Crippen LogP) is 3.90. The van der Waals surface area contributed by atoms with Gasteiger partial charge in [-0.15, -0.1) is 0 Å². The van der Waals surface area contributed by atoms with Gasteiger partial charge < -0.3 is 14.5 Å². The lowest BCUT2D eigenvalue weighted by Crippen LogP contribution is -2.33. The van der Waals surface area contributed by atoms with Gasteiger partial charge in [0, 0.05) is 25.3 Å². The fraction of sp³-hybridized carbons (Fsp3) is 0.562. The maximum absolute atomic E-state index is 5.79. The second-order valence-corrected chi connectivity index (χ2v) is 5.56. The van der Waals surface area contributed by atoms with Crippen LogP contribution in [0, 0.1) is 6.92 Å². The van der Waals surface area contributed by atoms with Gasteiger partial charge in [-0.3, -0.25) is 0 Å². The Morgan fingerprint density at radius 3 is 3.15 bits per heavy atom. The number of nitrogens with one attached hydrogen (secondary N) is 1. The van der Waals surface area contributed by atoms with Gasteiger partial charge in [0.05, 0.1) is 6.10 Å². The van der Waals surface area contributed by atoms with Crippen LogP contribution in [0.1, 0.15) is 38.5 Å². The van der Waals surface area contributed by atoms with E-state index in [4.69, 9.17) is 9.15 Å². The molecule has 1 saturated heterocycles. The third-order valence-corrected chi connectivity index (χ3v) is 3.84. The molecule has 0 saturated carbocycles. The number of fused-ring (bicyclic) bond motifs is 1. The first-order chi connectivity index (χ1) is 9.74. The lowest BCUT2D eigenvalue weighted by atomic mass is 10.00. The topological polar surface area (TPSA) is 47.3 Å². The number of rotatable bonds is 4. The third-order valence-electron chi connectivity index (χ3n) is 3.84. The van der Waals surface area contributed by atoms with Gasteiger partial charge in [0.2, 0.25) is 0 Å². The molecule has 108 valence electrons. The number of anilines is 1. The van der Waals surface area contributed by atoms with Gasteiger partial charge >= 0.3 is 0 Å². The first-order valence-corrected chi connectivity index (χ1v) is 7.50. The molecule has 1 N–H and O–H groups in total. The molecule has 1 aromatic carbocycles. The maximum atomic E-state index is 5.79. The quantitative estimate of drug-likeness (QED) is 0.918. The molecule has 1 fully saturated rings. The van der Waals surface area contributed by atoms with Gasteiger partial charge in [-0.2, -0.15) is 0 Å². The number of aryl methyl sites for hydroxylation is 1. The molecular weight excluding hydrogens is 252 g/mol. The van der Waals surface area contributed by atoms with Crippen molar-refractivity contribution in [3.8, 4) is 0 Å². The van der Waals surface area contributed by atoms with E-state index in [1.165, 1.54) is 6.42 Å². The summed E-state index contributed by atoms with van der Waals surface area (Å²) in [4.78, 5) is 4.38. The van der Waals surface area contributed by atoms with Crippen molar-refractivity contribution in [3.63, 3.8) is 0 Å². The zero-order chi connectivity index (χ0) is 13.9.